The number of fused-ring (bicyclic) bond motifs is 1. The van der Waals surface area contributed by atoms with Crippen molar-refractivity contribution >= 4 is 27.4 Å². The van der Waals surface area contributed by atoms with Gasteiger partial charge in [0.05, 0.1) is 4.90 Å². The van der Waals surface area contributed by atoms with Crippen LogP contribution in [-0.4, -0.2) is 51.3 Å². The van der Waals surface area contributed by atoms with E-state index in [1.165, 1.54) is 16.6 Å². The van der Waals surface area contributed by atoms with Crippen molar-refractivity contribution in [3.8, 4) is 0 Å². The second kappa shape index (κ2) is 8.01. The molecule has 1 aromatic carbocycles. The van der Waals surface area contributed by atoms with Crippen LogP contribution in [0.1, 0.15) is 42.3 Å². The van der Waals surface area contributed by atoms with E-state index in [-0.39, 0.29) is 10.7 Å². The number of sulfonamides is 1. The molecule has 1 aliphatic rings. The number of hydrogen-bond donors (Lipinski definition) is 1. The van der Waals surface area contributed by atoms with Gasteiger partial charge in [-0.05, 0) is 62.4 Å². The van der Waals surface area contributed by atoms with Crippen molar-refractivity contribution in [2.75, 3.05) is 18.4 Å². The second-order valence-corrected chi connectivity index (χ2v) is 10.4. The molecule has 10 heteroatoms. The van der Waals surface area contributed by atoms with Crippen molar-refractivity contribution in [3.63, 3.8) is 0 Å². The minimum Gasteiger partial charge on any atom is -0.319 e. The molecule has 1 amide bonds. The molecule has 2 atom stereocenters. The first-order valence-electron chi connectivity index (χ1n) is 10.3. The van der Waals surface area contributed by atoms with Gasteiger partial charge in [-0.3, -0.25) is 4.79 Å². The highest BCUT2D eigenvalue weighted by atomic mass is 32.2. The fourth-order valence-corrected chi connectivity index (χ4v) is 5.79. The Labute approximate surface area is 181 Å². The van der Waals surface area contributed by atoms with Crippen molar-refractivity contribution in [1.82, 2.24) is 23.9 Å². The Morgan fingerprint density at radius 3 is 2.35 bits per heavy atom. The first kappa shape index (κ1) is 21.4. The third-order valence-electron chi connectivity index (χ3n) is 5.41. The van der Waals surface area contributed by atoms with Crippen LogP contribution in [0.2, 0.25) is 0 Å². The van der Waals surface area contributed by atoms with Crippen LogP contribution in [0, 0.1) is 25.7 Å². The lowest BCUT2D eigenvalue weighted by Crippen LogP contribution is -2.42. The fraction of sp³-hybridized carbons (Fsp3) is 0.429. The Hall–Kier alpha value is -2.85. The smallest absolute Gasteiger partial charge is 0.295 e. The van der Waals surface area contributed by atoms with E-state index in [2.05, 4.69) is 34.2 Å². The molecule has 0 aliphatic carbocycles. The van der Waals surface area contributed by atoms with E-state index in [0.29, 0.717) is 36.4 Å². The summed E-state index contributed by atoms with van der Waals surface area (Å²) in [6.45, 7) is 8.91. The highest BCUT2D eigenvalue weighted by Crippen LogP contribution is 2.27. The molecule has 1 saturated heterocycles. The molecular weight excluding hydrogens is 416 g/mol. The lowest BCUT2D eigenvalue weighted by molar-refractivity contribution is 0.101. The SMILES string of the molecule is Cc1cc(C)n2nc(C(=O)Nc3ccc(S(=O)(=O)N4C[C@@H](C)C[C@H](C)C4)cc3)nc2n1. The molecule has 0 radical (unpaired) electrons. The van der Waals surface area contributed by atoms with Crippen LogP contribution in [0.4, 0.5) is 5.69 Å². The summed E-state index contributed by atoms with van der Waals surface area (Å²) in [6, 6.07) is 8.03. The van der Waals surface area contributed by atoms with Crippen LogP contribution in [0.3, 0.4) is 0 Å². The fourth-order valence-electron chi connectivity index (χ4n) is 4.11. The second-order valence-electron chi connectivity index (χ2n) is 8.43. The normalized spacial score (nSPS) is 20.1. The van der Waals surface area contributed by atoms with Gasteiger partial charge in [0.25, 0.3) is 11.7 Å². The number of carbonyl (C=O) groups is 1. The van der Waals surface area contributed by atoms with Gasteiger partial charge in [-0.1, -0.05) is 13.8 Å². The number of aryl methyl sites for hydroxylation is 2. The summed E-state index contributed by atoms with van der Waals surface area (Å²) in [6.07, 6.45) is 1.03. The standard InChI is InChI=1S/C21H26N6O3S/c1-13-9-14(2)12-26(11-13)31(29,30)18-7-5-17(6-8-18)23-20(28)19-24-21-22-15(3)10-16(4)27(21)25-19/h5-8,10,13-14H,9,11-12H2,1-4H3,(H,23,28)/t13-,14-/m0/s1. The molecule has 0 saturated carbocycles. The molecule has 1 fully saturated rings. The van der Waals surface area contributed by atoms with Crippen molar-refractivity contribution in [2.45, 2.75) is 39.0 Å². The molecule has 1 aliphatic heterocycles. The van der Waals surface area contributed by atoms with E-state index < -0.39 is 15.9 Å². The molecule has 31 heavy (non-hydrogen) atoms. The Morgan fingerprint density at radius 1 is 1.06 bits per heavy atom. The number of benzene rings is 1. The van der Waals surface area contributed by atoms with Crippen LogP contribution < -0.4 is 5.32 Å². The Morgan fingerprint density at radius 2 is 1.71 bits per heavy atom. The highest BCUT2D eigenvalue weighted by molar-refractivity contribution is 7.89. The third kappa shape index (κ3) is 4.31. The molecule has 164 valence electrons. The van der Waals surface area contributed by atoms with E-state index in [0.717, 1.165) is 17.8 Å². The average molecular weight is 443 g/mol. The monoisotopic (exact) mass is 442 g/mol. The molecule has 4 rings (SSSR count). The van der Waals surface area contributed by atoms with Gasteiger partial charge in [0.1, 0.15) is 0 Å². The van der Waals surface area contributed by atoms with E-state index in [1.54, 1.807) is 16.4 Å². The number of carbonyl (C=O) groups excluding carboxylic acids is 1. The third-order valence-corrected chi connectivity index (χ3v) is 7.25. The molecule has 0 unspecified atom stereocenters. The van der Waals surface area contributed by atoms with Crippen molar-refractivity contribution in [3.05, 3.63) is 47.5 Å². The Balaban J connectivity index is 1.51. The van der Waals surface area contributed by atoms with Crippen LogP contribution in [0.15, 0.2) is 35.2 Å². The van der Waals surface area contributed by atoms with Gasteiger partial charge in [0.2, 0.25) is 15.8 Å². The molecule has 0 bridgehead atoms. The molecule has 3 heterocycles. The largest absolute Gasteiger partial charge is 0.319 e. The average Bonchev–Trinajstić information content (AvgIpc) is 3.12. The van der Waals surface area contributed by atoms with Crippen molar-refractivity contribution < 1.29 is 13.2 Å². The maximum atomic E-state index is 13.0. The number of anilines is 1. The first-order chi connectivity index (χ1) is 14.6. The number of nitrogens with one attached hydrogen (secondary N) is 1. The molecule has 0 spiro atoms. The highest BCUT2D eigenvalue weighted by Gasteiger charge is 2.31. The number of aromatic nitrogens is 4. The van der Waals surface area contributed by atoms with Crippen LogP contribution >= 0.6 is 0 Å². The molecule has 3 aromatic rings. The van der Waals surface area contributed by atoms with Crippen molar-refractivity contribution in [2.24, 2.45) is 11.8 Å². The zero-order chi connectivity index (χ0) is 22.3. The molecule has 1 N–H and O–H groups in total. The summed E-state index contributed by atoms with van der Waals surface area (Å²) in [5.41, 5.74) is 2.08. The van der Waals surface area contributed by atoms with E-state index in [9.17, 15) is 13.2 Å². The Bertz CT molecular complexity index is 1230. The van der Waals surface area contributed by atoms with Gasteiger partial charge in [-0.2, -0.15) is 9.29 Å². The van der Waals surface area contributed by atoms with E-state index in [1.807, 2.05) is 19.9 Å². The number of amides is 1. The zero-order valence-corrected chi connectivity index (χ0v) is 18.8. The maximum absolute atomic E-state index is 13.0. The van der Waals surface area contributed by atoms with Crippen LogP contribution in [0.5, 0.6) is 0 Å². The predicted molar refractivity (Wildman–Crippen MR) is 116 cm³/mol. The molecular formula is C21H26N6O3S. The zero-order valence-electron chi connectivity index (χ0n) is 18.0. The summed E-state index contributed by atoms with van der Waals surface area (Å²) in [7, 11) is -3.57. The lowest BCUT2D eigenvalue weighted by Gasteiger charge is -2.34. The quantitative estimate of drug-likeness (QED) is 0.665. The number of nitrogens with zero attached hydrogens (tertiary/aromatic N) is 5. The Kier molecular flexibility index (Phi) is 5.52. The summed E-state index contributed by atoms with van der Waals surface area (Å²) >= 11 is 0. The number of hydrogen-bond acceptors (Lipinski definition) is 6. The summed E-state index contributed by atoms with van der Waals surface area (Å²) in [5.74, 6) is 0.522. The minimum atomic E-state index is -3.57. The summed E-state index contributed by atoms with van der Waals surface area (Å²) in [5, 5.41) is 6.92. The lowest BCUT2D eigenvalue weighted by atomic mass is 9.94. The summed E-state index contributed by atoms with van der Waals surface area (Å²) in [4.78, 5) is 21.3. The van der Waals surface area contributed by atoms with Gasteiger partial charge >= 0.3 is 0 Å². The maximum Gasteiger partial charge on any atom is 0.295 e. The molecule has 2 aromatic heterocycles. The van der Waals surface area contributed by atoms with Crippen LogP contribution in [-0.2, 0) is 10.0 Å². The number of piperidine rings is 1. The first-order valence-corrected chi connectivity index (χ1v) is 11.7. The topological polar surface area (TPSA) is 110 Å². The van der Waals surface area contributed by atoms with Gasteiger partial charge in [0.15, 0.2) is 0 Å². The van der Waals surface area contributed by atoms with Gasteiger partial charge in [-0.15, -0.1) is 5.10 Å². The van der Waals surface area contributed by atoms with Crippen molar-refractivity contribution in [1.29, 1.82) is 0 Å². The minimum absolute atomic E-state index is 0.00538. The van der Waals surface area contributed by atoms with Gasteiger partial charge in [-0.25, -0.2) is 17.9 Å². The van der Waals surface area contributed by atoms with E-state index in [4.69, 9.17) is 0 Å². The number of rotatable bonds is 4. The van der Waals surface area contributed by atoms with E-state index >= 15 is 0 Å². The predicted octanol–water partition coefficient (Wildman–Crippen LogP) is 2.66. The van der Waals surface area contributed by atoms with Gasteiger partial charge < -0.3 is 5.32 Å². The van der Waals surface area contributed by atoms with Gasteiger partial charge in [0, 0.05) is 30.2 Å². The molecule has 9 nitrogen and oxygen atoms in total. The van der Waals surface area contributed by atoms with Crippen LogP contribution in [0.25, 0.3) is 5.78 Å². The summed E-state index contributed by atoms with van der Waals surface area (Å²) < 4.78 is 29.1.